The molecule has 0 heterocycles. The maximum absolute atomic E-state index is 12.8. The summed E-state index contributed by atoms with van der Waals surface area (Å²) < 4.78 is 16.8. The minimum absolute atomic E-state index is 0.102. The molecule has 0 saturated heterocycles. The normalized spacial score (nSPS) is 12.9. The van der Waals surface area contributed by atoms with Gasteiger partial charge in [-0.25, -0.2) is 0 Å². The van der Waals surface area contributed by atoms with Gasteiger partial charge in [0.05, 0.1) is 0 Å². The van der Waals surface area contributed by atoms with Crippen LogP contribution in [-0.2, 0) is 28.6 Å². The predicted octanol–water partition coefficient (Wildman–Crippen LogP) is 17.4. The van der Waals surface area contributed by atoms with Gasteiger partial charge in [0.15, 0.2) is 6.10 Å². The Kier molecular flexibility index (Phi) is 49.0. The van der Waals surface area contributed by atoms with Gasteiger partial charge in [-0.3, -0.25) is 14.4 Å². The molecule has 0 aromatic rings. The fourth-order valence-electron chi connectivity index (χ4n) is 6.99. The molecule has 0 aliphatic rings. The Balaban J connectivity index is 4.51. The average molecular weight is 889 g/mol. The van der Waals surface area contributed by atoms with Crippen molar-refractivity contribution in [2.75, 3.05) is 13.2 Å². The van der Waals surface area contributed by atoms with Gasteiger partial charge in [0.25, 0.3) is 0 Å². The second-order valence-corrected chi connectivity index (χ2v) is 17.2. The molecule has 0 saturated carbocycles. The summed E-state index contributed by atoms with van der Waals surface area (Å²) >= 11 is 0. The van der Waals surface area contributed by atoms with Crippen molar-refractivity contribution in [2.45, 2.75) is 239 Å². The maximum atomic E-state index is 12.8. The van der Waals surface area contributed by atoms with E-state index in [0.29, 0.717) is 19.3 Å². The zero-order chi connectivity index (χ0) is 46.5. The fraction of sp³-hybridized carbons (Fsp3) is 0.672. The first-order chi connectivity index (χ1) is 31.5. The Bertz CT molecular complexity index is 1300. The highest BCUT2D eigenvalue weighted by Crippen LogP contribution is 2.14. The van der Waals surface area contributed by atoms with Crippen LogP contribution in [0.2, 0.25) is 0 Å². The molecule has 0 N–H and O–H groups in total. The minimum atomic E-state index is -0.805. The van der Waals surface area contributed by atoms with Gasteiger partial charge in [0.2, 0.25) is 0 Å². The van der Waals surface area contributed by atoms with Gasteiger partial charge in [0, 0.05) is 19.3 Å². The Labute approximate surface area is 394 Å². The number of rotatable bonds is 46. The number of ether oxygens (including phenoxy) is 3. The van der Waals surface area contributed by atoms with Crippen molar-refractivity contribution >= 4 is 17.9 Å². The summed E-state index contributed by atoms with van der Waals surface area (Å²) in [6.07, 6.45) is 68.1. The van der Waals surface area contributed by atoms with Crippen LogP contribution >= 0.6 is 0 Å². The first-order valence-corrected chi connectivity index (χ1v) is 26.3. The molecule has 0 aromatic carbocycles. The van der Waals surface area contributed by atoms with Crippen LogP contribution in [-0.4, -0.2) is 37.2 Å². The van der Waals surface area contributed by atoms with Gasteiger partial charge in [-0.05, 0) is 89.9 Å². The van der Waals surface area contributed by atoms with E-state index in [1.54, 1.807) is 0 Å². The Hall–Kier alpha value is -3.67. The first kappa shape index (κ1) is 60.3. The predicted molar refractivity (Wildman–Crippen MR) is 274 cm³/mol. The molecule has 0 aliphatic carbocycles. The van der Waals surface area contributed by atoms with Gasteiger partial charge in [-0.15, -0.1) is 0 Å². The van der Waals surface area contributed by atoms with E-state index in [-0.39, 0.29) is 31.1 Å². The lowest BCUT2D eigenvalue weighted by molar-refractivity contribution is -0.167. The molecule has 0 fully saturated rings. The van der Waals surface area contributed by atoms with Crippen molar-refractivity contribution in [2.24, 2.45) is 0 Å². The van der Waals surface area contributed by atoms with Crippen LogP contribution in [0.3, 0.4) is 0 Å². The van der Waals surface area contributed by atoms with Crippen molar-refractivity contribution in [3.8, 4) is 0 Å². The van der Waals surface area contributed by atoms with Crippen LogP contribution in [0.4, 0.5) is 0 Å². The van der Waals surface area contributed by atoms with Crippen molar-refractivity contribution < 1.29 is 28.6 Å². The molecule has 1 unspecified atom stereocenters. The van der Waals surface area contributed by atoms with Gasteiger partial charge >= 0.3 is 17.9 Å². The Morgan fingerprint density at radius 1 is 0.328 bits per heavy atom. The minimum Gasteiger partial charge on any atom is -0.462 e. The van der Waals surface area contributed by atoms with E-state index in [1.165, 1.54) is 109 Å². The summed E-state index contributed by atoms with van der Waals surface area (Å²) in [4.78, 5) is 38.0. The largest absolute Gasteiger partial charge is 0.462 e. The highest BCUT2D eigenvalue weighted by atomic mass is 16.6. The summed E-state index contributed by atoms with van der Waals surface area (Å²) in [6, 6.07) is 0. The van der Waals surface area contributed by atoms with E-state index in [1.807, 2.05) is 60.8 Å². The summed E-state index contributed by atoms with van der Waals surface area (Å²) in [6.45, 7) is 6.42. The fourth-order valence-corrected chi connectivity index (χ4v) is 6.99. The van der Waals surface area contributed by atoms with Gasteiger partial charge in [0.1, 0.15) is 13.2 Å². The Morgan fingerprint density at radius 3 is 1.03 bits per heavy atom. The smallest absolute Gasteiger partial charge is 0.306 e. The van der Waals surface area contributed by atoms with Crippen LogP contribution in [0, 0.1) is 0 Å². The molecular formula is C58H96O6. The van der Waals surface area contributed by atoms with Gasteiger partial charge in [-0.1, -0.05) is 221 Å². The monoisotopic (exact) mass is 889 g/mol. The van der Waals surface area contributed by atoms with Gasteiger partial charge < -0.3 is 14.2 Å². The quantitative estimate of drug-likeness (QED) is 0.0199. The molecule has 0 amide bonds. The lowest BCUT2D eigenvalue weighted by atomic mass is 10.1. The standard InChI is InChI=1S/C58H96O6/c1-4-7-10-13-16-19-22-25-28-29-31-33-36-39-42-45-48-51-57(60)63-54-55(53-62-56(59)50-47-44-41-38-35-32-27-24-21-18-15-12-9-6-3)64-58(61)52-49-46-43-40-37-34-30-26-23-20-17-14-11-8-5-2/h7,10,13,16,19-20,22-23,25,28-29,31-33,35-36,55H,4-6,8-9,11-12,14-15,17-18,21,24,26-27,30,34,37-54H2,1-3H3/b10-7-,16-13-,22-19-,23-20-,28-25-,31-29+,35-32-,36-33-. The highest BCUT2D eigenvalue weighted by Gasteiger charge is 2.19. The maximum Gasteiger partial charge on any atom is 0.306 e. The van der Waals surface area contributed by atoms with Crippen LogP contribution in [0.15, 0.2) is 97.2 Å². The number of hydrogen-bond acceptors (Lipinski definition) is 6. The number of esters is 3. The molecule has 0 bridgehead atoms. The number of hydrogen-bond donors (Lipinski definition) is 0. The topological polar surface area (TPSA) is 78.9 Å². The summed E-state index contributed by atoms with van der Waals surface area (Å²) in [7, 11) is 0. The average Bonchev–Trinajstić information content (AvgIpc) is 3.29. The van der Waals surface area contributed by atoms with Crippen LogP contribution in [0.5, 0.6) is 0 Å². The second-order valence-electron chi connectivity index (χ2n) is 17.2. The molecule has 6 heteroatoms. The third-order valence-electron chi connectivity index (χ3n) is 11.0. The molecule has 64 heavy (non-hydrogen) atoms. The van der Waals surface area contributed by atoms with E-state index in [2.05, 4.69) is 57.2 Å². The summed E-state index contributed by atoms with van der Waals surface area (Å²) in [5.74, 6) is -0.968. The molecule has 1 atom stereocenters. The van der Waals surface area contributed by atoms with Crippen LogP contribution < -0.4 is 0 Å². The van der Waals surface area contributed by atoms with E-state index in [0.717, 1.165) is 83.5 Å². The number of unbranched alkanes of at least 4 members (excludes halogenated alkanes) is 24. The van der Waals surface area contributed by atoms with Gasteiger partial charge in [-0.2, -0.15) is 0 Å². The third-order valence-corrected chi connectivity index (χ3v) is 11.0. The van der Waals surface area contributed by atoms with Crippen molar-refractivity contribution in [3.63, 3.8) is 0 Å². The van der Waals surface area contributed by atoms with Crippen LogP contribution in [0.1, 0.15) is 233 Å². The van der Waals surface area contributed by atoms with E-state index in [9.17, 15) is 14.4 Å². The van der Waals surface area contributed by atoms with Crippen LogP contribution in [0.25, 0.3) is 0 Å². The third kappa shape index (κ3) is 49.3. The molecule has 0 radical (unpaired) electrons. The van der Waals surface area contributed by atoms with E-state index < -0.39 is 6.10 Å². The first-order valence-electron chi connectivity index (χ1n) is 26.3. The summed E-state index contributed by atoms with van der Waals surface area (Å²) in [5.41, 5.74) is 0. The SMILES string of the molecule is CC\C=C/C=C\C=C/C=C\C=C\C=C/CCCCCC(=O)OCC(COC(=O)CCCCC/C=C\CCCCCCCCC)OC(=O)CCCCCCCCC/C=C\CCCCCC. The molecule has 0 spiro atoms. The molecule has 0 aromatic heterocycles. The second kappa shape index (κ2) is 52.0. The zero-order valence-corrected chi connectivity index (χ0v) is 41.5. The lowest BCUT2D eigenvalue weighted by Gasteiger charge is -2.18. The number of allylic oxidation sites excluding steroid dienone is 16. The van der Waals surface area contributed by atoms with E-state index >= 15 is 0 Å². The van der Waals surface area contributed by atoms with E-state index in [4.69, 9.17) is 14.2 Å². The zero-order valence-electron chi connectivity index (χ0n) is 41.5. The lowest BCUT2D eigenvalue weighted by Crippen LogP contribution is -2.30. The van der Waals surface area contributed by atoms with Crippen molar-refractivity contribution in [1.82, 2.24) is 0 Å². The molecular weight excluding hydrogens is 793 g/mol. The number of carbonyl (C=O) groups is 3. The highest BCUT2D eigenvalue weighted by molar-refractivity contribution is 5.71. The molecule has 364 valence electrons. The Morgan fingerprint density at radius 2 is 0.625 bits per heavy atom. The number of carbonyl (C=O) groups excluding carboxylic acids is 3. The molecule has 0 rings (SSSR count). The molecule has 0 aliphatic heterocycles. The van der Waals surface area contributed by atoms with Crippen molar-refractivity contribution in [3.05, 3.63) is 97.2 Å². The summed E-state index contributed by atoms with van der Waals surface area (Å²) in [5, 5.41) is 0. The molecule has 6 nitrogen and oxygen atoms in total. The van der Waals surface area contributed by atoms with Crippen molar-refractivity contribution in [1.29, 1.82) is 0 Å².